The van der Waals surface area contributed by atoms with Gasteiger partial charge in [-0.2, -0.15) is 0 Å². The molecule has 1 heterocycles. The molecule has 4 rings (SSSR count). The van der Waals surface area contributed by atoms with Crippen molar-refractivity contribution in [2.24, 2.45) is 0 Å². The number of alkyl carbamates (subject to hydrolysis) is 1. The van der Waals surface area contributed by atoms with Crippen LogP contribution >= 0.6 is 0 Å². The molecular formula is C28H29N3O5. The van der Waals surface area contributed by atoms with Crippen LogP contribution in [0.5, 0.6) is 0 Å². The number of anilines is 1. The van der Waals surface area contributed by atoms with Gasteiger partial charge in [0.15, 0.2) is 0 Å². The standard InChI is InChI=1S/C28H29N3O5/c32-26(29-24-13-7-12-23(19-24)27(33)31-14-16-35-17-15-31)25(18-21-8-3-1-4-9-21)30-28(34)36-20-22-10-5-2-6-11-22/h1-13,19,25H,14-18,20H2,(H,29,32)(H,30,34)/t25-/m0/s1. The lowest BCUT2D eigenvalue weighted by Crippen LogP contribution is -2.45. The van der Waals surface area contributed by atoms with Gasteiger partial charge in [-0.15, -0.1) is 0 Å². The quantitative estimate of drug-likeness (QED) is 0.506. The number of morpholine rings is 1. The summed E-state index contributed by atoms with van der Waals surface area (Å²) >= 11 is 0. The fourth-order valence-electron chi connectivity index (χ4n) is 3.87. The van der Waals surface area contributed by atoms with Gasteiger partial charge in [-0.05, 0) is 29.3 Å². The van der Waals surface area contributed by atoms with Gasteiger partial charge in [-0.25, -0.2) is 4.79 Å². The number of nitrogens with one attached hydrogen (secondary N) is 2. The monoisotopic (exact) mass is 487 g/mol. The number of hydrogen-bond acceptors (Lipinski definition) is 5. The normalized spacial score (nSPS) is 13.9. The van der Waals surface area contributed by atoms with E-state index in [1.807, 2.05) is 60.7 Å². The van der Waals surface area contributed by atoms with Crippen LogP contribution in [0, 0.1) is 0 Å². The van der Waals surface area contributed by atoms with E-state index in [1.165, 1.54) is 0 Å². The molecule has 3 aromatic carbocycles. The van der Waals surface area contributed by atoms with Crippen LogP contribution in [-0.2, 0) is 27.3 Å². The molecular weight excluding hydrogens is 458 g/mol. The summed E-state index contributed by atoms with van der Waals surface area (Å²) in [4.78, 5) is 40.3. The van der Waals surface area contributed by atoms with E-state index in [1.54, 1.807) is 29.2 Å². The van der Waals surface area contributed by atoms with Crippen LogP contribution in [0.4, 0.5) is 10.5 Å². The third kappa shape index (κ3) is 7.16. The Balaban J connectivity index is 1.43. The molecule has 1 saturated heterocycles. The van der Waals surface area contributed by atoms with Crippen molar-refractivity contribution >= 4 is 23.6 Å². The van der Waals surface area contributed by atoms with E-state index in [2.05, 4.69) is 10.6 Å². The van der Waals surface area contributed by atoms with Crippen molar-refractivity contribution in [3.8, 4) is 0 Å². The van der Waals surface area contributed by atoms with E-state index in [4.69, 9.17) is 9.47 Å². The summed E-state index contributed by atoms with van der Waals surface area (Å²) in [7, 11) is 0. The zero-order valence-corrected chi connectivity index (χ0v) is 19.9. The van der Waals surface area contributed by atoms with Crippen molar-refractivity contribution in [3.05, 3.63) is 102 Å². The minimum absolute atomic E-state index is 0.0953. The maximum Gasteiger partial charge on any atom is 0.408 e. The summed E-state index contributed by atoms with van der Waals surface area (Å²) in [5, 5.41) is 5.52. The predicted octanol–water partition coefficient (Wildman–Crippen LogP) is 3.64. The van der Waals surface area contributed by atoms with E-state index in [0.717, 1.165) is 11.1 Å². The Labute approximate surface area is 210 Å². The number of ether oxygens (including phenoxy) is 2. The van der Waals surface area contributed by atoms with Gasteiger partial charge in [0, 0.05) is 30.8 Å². The van der Waals surface area contributed by atoms with Crippen molar-refractivity contribution in [2.75, 3.05) is 31.6 Å². The van der Waals surface area contributed by atoms with Crippen LogP contribution < -0.4 is 10.6 Å². The molecule has 0 unspecified atom stereocenters. The first-order chi connectivity index (χ1) is 17.6. The molecule has 0 radical (unpaired) electrons. The van der Waals surface area contributed by atoms with Crippen LogP contribution in [0.25, 0.3) is 0 Å². The Morgan fingerprint density at radius 2 is 1.53 bits per heavy atom. The van der Waals surface area contributed by atoms with E-state index in [9.17, 15) is 14.4 Å². The molecule has 0 spiro atoms. The minimum atomic E-state index is -0.880. The summed E-state index contributed by atoms with van der Waals surface area (Å²) in [5.41, 5.74) is 2.68. The molecule has 8 nitrogen and oxygen atoms in total. The van der Waals surface area contributed by atoms with Gasteiger partial charge in [0.05, 0.1) is 13.2 Å². The molecule has 1 aliphatic heterocycles. The molecule has 186 valence electrons. The van der Waals surface area contributed by atoms with Gasteiger partial charge in [0.25, 0.3) is 5.91 Å². The summed E-state index contributed by atoms with van der Waals surface area (Å²) in [5.74, 6) is -0.524. The third-order valence-corrected chi connectivity index (χ3v) is 5.78. The van der Waals surface area contributed by atoms with Crippen molar-refractivity contribution in [3.63, 3.8) is 0 Å². The lowest BCUT2D eigenvalue weighted by Gasteiger charge is -2.27. The van der Waals surface area contributed by atoms with Gasteiger partial charge < -0.3 is 25.0 Å². The number of hydrogen-bond donors (Lipinski definition) is 2. The van der Waals surface area contributed by atoms with E-state index in [0.29, 0.717) is 37.6 Å². The first-order valence-electron chi connectivity index (χ1n) is 11.9. The summed E-state index contributed by atoms with van der Waals surface area (Å²) in [6, 6.07) is 24.6. The largest absolute Gasteiger partial charge is 0.445 e. The highest BCUT2D eigenvalue weighted by Crippen LogP contribution is 2.15. The van der Waals surface area contributed by atoms with Crippen LogP contribution in [0.15, 0.2) is 84.9 Å². The molecule has 0 bridgehead atoms. The number of nitrogens with zero attached hydrogens (tertiary/aromatic N) is 1. The first-order valence-corrected chi connectivity index (χ1v) is 11.9. The average molecular weight is 488 g/mol. The van der Waals surface area contributed by atoms with Crippen molar-refractivity contribution < 1.29 is 23.9 Å². The molecule has 8 heteroatoms. The van der Waals surface area contributed by atoms with Gasteiger partial charge in [0.1, 0.15) is 12.6 Å². The van der Waals surface area contributed by atoms with Crippen molar-refractivity contribution in [2.45, 2.75) is 19.1 Å². The molecule has 0 saturated carbocycles. The smallest absolute Gasteiger partial charge is 0.408 e. The average Bonchev–Trinajstić information content (AvgIpc) is 2.93. The first kappa shape index (κ1) is 24.9. The molecule has 2 N–H and O–H groups in total. The summed E-state index contributed by atoms with van der Waals surface area (Å²) in [6.07, 6.45) is -0.411. The SMILES string of the molecule is O=C(N[C@@H](Cc1ccccc1)C(=O)Nc1cccc(C(=O)N2CCOCC2)c1)OCc1ccccc1. The van der Waals surface area contributed by atoms with Crippen molar-refractivity contribution in [1.82, 2.24) is 10.2 Å². The second kappa shape index (κ2) is 12.5. The second-order valence-electron chi connectivity index (χ2n) is 8.42. The topological polar surface area (TPSA) is 97.0 Å². The van der Waals surface area contributed by atoms with Crippen LogP contribution in [0.3, 0.4) is 0 Å². The molecule has 1 fully saturated rings. The predicted molar refractivity (Wildman–Crippen MR) is 135 cm³/mol. The van der Waals surface area contributed by atoms with Crippen LogP contribution in [-0.4, -0.2) is 55.2 Å². The molecule has 1 atom stereocenters. The molecule has 0 aliphatic carbocycles. The van der Waals surface area contributed by atoms with Gasteiger partial charge in [0.2, 0.25) is 5.91 Å². The maximum atomic E-state index is 13.2. The lowest BCUT2D eigenvalue weighted by molar-refractivity contribution is -0.118. The molecule has 3 aromatic rings. The Morgan fingerprint density at radius 3 is 2.22 bits per heavy atom. The van der Waals surface area contributed by atoms with E-state index < -0.39 is 18.0 Å². The number of benzene rings is 3. The fraction of sp³-hybridized carbons (Fsp3) is 0.250. The second-order valence-corrected chi connectivity index (χ2v) is 8.42. The minimum Gasteiger partial charge on any atom is -0.445 e. The summed E-state index contributed by atoms with van der Waals surface area (Å²) < 4.78 is 10.6. The Kier molecular flexibility index (Phi) is 8.67. The zero-order chi connectivity index (χ0) is 25.2. The zero-order valence-electron chi connectivity index (χ0n) is 19.9. The Hall–Kier alpha value is -4.17. The number of amides is 3. The molecule has 1 aliphatic rings. The molecule has 0 aromatic heterocycles. The Bertz CT molecular complexity index is 1160. The van der Waals surface area contributed by atoms with Gasteiger partial charge >= 0.3 is 6.09 Å². The van der Waals surface area contributed by atoms with Crippen LogP contribution in [0.2, 0.25) is 0 Å². The van der Waals surface area contributed by atoms with Crippen LogP contribution in [0.1, 0.15) is 21.5 Å². The highest BCUT2D eigenvalue weighted by Gasteiger charge is 2.23. The number of carbonyl (C=O) groups excluding carboxylic acids is 3. The van der Waals surface area contributed by atoms with Gasteiger partial charge in [-0.3, -0.25) is 9.59 Å². The Morgan fingerprint density at radius 1 is 0.861 bits per heavy atom. The maximum absolute atomic E-state index is 13.2. The van der Waals surface area contributed by atoms with Gasteiger partial charge in [-0.1, -0.05) is 66.7 Å². The van der Waals surface area contributed by atoms with E-state index >= 15 is 0 Å². The summed E-state index contributed by atoms with van der Waals surface area (Å²) in [6.45, 7) is 2.18. The van der Waals surface area contributed by atoms with E-state index in [-0.39, 0.29) is 18.9 Å². The highest BCUT2D eigenvalue weighted by atomic mass is 16.5. The number of rotatable bonds is 8. The fourth-order valence-corrected chi connectivity index (χ4v) is 3.87. The molecule has 36 heavy (non-hydrogen) atoms. The third-order valence-electron chi connectivity index (χ3n) is 5.78. The highest BCUT2D eigenvalue weighted by molar-refractivity contribution is 5.99. The lowest BCUT2D eigenvalue weighted by atomic mass is 10.1. The number of carbonyl (C=O) groups is 3. The van der Waals surface area contributed by atoms with Crippen molar-refractivity contribution in [1.29, 1.82) is 0 Å². The molecule has 3 amide bonds.